The molecule has 2 rings (SSSR count). The van der Waals surface area contributed by atoms with Crippen molar-refractivity contribution in [1.82, 2.24) is 5.32 Å². The Morgan fingerprint density at radius 1 is 1.25 bits per heavy atom. The Morgan fingerprint density at radius 2 is 2.06 bits per heavy atom. The van der Waals surface area contributed by atoms with Gasteiger partial charge in [-0.2, -0.15) is 11.8 Å². The van der Waals surface area contributed by atoms with E-state index >= 15 is 0 Å². The second kappa shape index (κ2) is 5.63. The molecule has 0 aliphatic carbocycles. The van der Waals surface area contributed by atoms with Crippen molar-refractivity contribution in [2.24, 2.45) is 5.92 Å². The summed E-state index contributed by atoms with van der Waals surface area (Å²) in [5.41, 5.74) is 1.23. The summed E-state index contributed by atoms with van der Waals surface area (Å²) >= 11 is 14.0. The minimum absolute atomic E-state index is 0.393. The van der Waals surface area contributed by atoms with Gasteiger partial charge < -0.3 is 5.32 Å². The number of hydrogen-bond acceptors (Lipinski definition) is 2. The summed E-state index contributed by atoms with van der Waals surface area (Å²) in [6.45, 7) is 3.34. The third-order valence-electron chi connectivity index (χ3n) is 2.75. The maximum atomic E-state index is 6.04. The van der Waals surface area contributed by atoms with Gasteiger partial charge in [0, 0.05) is 11.8 Å². The molecule has 16 heavy (non-hydrogen) atoms. The van der Waals surface area contributed by atoms with Crippen LogP contribution in [-0.2, 0) is 0 Å². The van der Waals surface area contributed by atoms with Crippen molar-refractivity contribution in [3.05, 3.63) is 33.8 Å². The first-order valence-corrected chi connectivity index (χ1v) is 7.34. The molecule has 1 nitrogen and oxygen atoms in total. The van der Waals surface area contributed by atoms with E-state index in [0.29, 0.717) is 16.1 Å². The van der Waals surface area contributed by atoms with Crippen LogP contribution in [-0.4, -0.2) is 18.1 Å². The van der Waals surface area contributed by atoms with E-state index in [-0.39, 0.29) is 0 Å². The van der Waals surface area contributed by atoms with Gasteiger partial charge in [-0.3, -0.25) is 0 Å². The van der Waals surface area contributed by atoms with E-state index in [9.17, 15) is 0 Å². The number of halogens is 2. The summed E-state index contributed by atoms with van der Waals surface area (Å²) in [5, 5.41) is 4.84. The lowest BCUT2D eigenvalue weighted by Gasteiger charge is -2.16. The van der Waals surface area contributed by atoms with Crippen LogP contribution in [0.25, 0.3) is 0 Å². The summed E-state index contributed by atoms with van der Waals surface area (Å²) in [6, 6.07) is 6.30. The van der Waals surface area contributed by atoms with Crippen molar-refractivity contribution in [2.75, 3.05) is 18.1 Å². The monoisotopic (exact) mass is 275 g/mol. The Kier molecular flexibility index (Phi) is 4.42. The maximum absolute atomic E-state index is 6.04. The minimum atomic E-state index is 0.393. The summed E-state index contributed by atoms with van der Waals surface area (Å²) < 4.78 is 0. The molecule has 0 radical (unpaired) electrons. The van der Waals surface area contributed by atoms with Crippen molar-refractivity contribution < 1.29 is 0 Å². The fraction of sp³-hybridized carbons (Fsp3) is 0.500. The highest BCUT2D eigenvalue weighted by Gasteiger charge is 2.17. The van der Waals surface area contributed by atoms with E-state index in [0.717, 1.165) is 18.2 Å². The Balaban J connectivity index is 2.13. The highest BCUT2D eigenvalue weighted by Crippen LogP contribution is 2.28. The molecule has 2 unspecified atom stereocenters. The molecule has 1 aliphatic heterocycles. The molecule has 0 spiro atoms. The van der Waals surface area contributed by atoms with Crippen molar-refractivity contribution in [3.8, 4) is 0 Å². The van der Waals surface area contributed by atoms with Gasteiger partial charge in [0.05, 0.1) is 10.0 Å². The molecule has 0 bridgehead atoms. The van der Waals surface area contributed by atoms with E-state index in [1.54, 1.807) is 0 Å². The molecule has 1 heterocycles. The molecule has 1 aliphatic rings. The second-order valence-corrected chi connectivity index (χ2v) is 6.17. The largest absolute Gasteiger partial charge is 0.309 e. The van der Waals surface area contributed by atoms with Gasteiger partial charge in [0.2, 0.25) is 0 Å². The van der Waals surface area contributed by atoms with Gasteiger partial charge >= 0.3 is 0 Å². The van der Waals surface area contributed by atoms with Crippen LogP contribution in [0.2, 0.25) is 10.0 Å². The van der Waals surface area contributed by atoms with Crippen LogP contribution in [0.15, 0.2) is 18.2 Å². The van der Waals surface area contributed by atoms with E-state index in [2.05, 4.69) is 18.3 Å². The van der Waals surface area contributed by atoms with E-state index in [1.165, 1.54) is 11.3 Å². The fourth-order valence-corrected chi connectivity index (χ4v) is 3.30. The smallest absolute Gasteiger partial charge is 0.0595 e. The van der Waals surface area contributed by atoms with Crippen LogP contribution in [0.1, 0.15) is 18.5 Å². The van der Waals surface area contributed by atoms with Crippen molar-refractivity contribution in [2.45, 2.75) is 13.0 Å². The molecule has 2 atom stereocenters. The average Bonchev–Trinajstić information content (AvgIpc) is 2.47. The second-order valence-electron chi connectivity index (χ2n) is 4.28. The summed E-state index contributed by atoms with van der Waals surface area (Å²) in [7, 11) is 0. The lowest BCUT2D eigenvalue weighted by atomic mass is 10.1. The van der Waals surface area contributed by atoms with Crippen LogP contribution in [0.3, 0.4) is 0 Å². The zero-order valence-electron chi connectivity index (χ0n) is 9.17. The molecule has 1 aromatic rings. The van der Waals surface area contributed by atoms with Crippen molar-refractivity contribution >= 4 is 35.0 Å². The number of thioether (sulfide) groups is 1. The topological polar surface area (TPSA) is 12.0 Å². The number of hydrogen-bond donors (Lipinski definition) is 1. The average molecular weight is 276 g/mol. The van der Waals surface area contributed by atoms with Gasteiger partial charge in [-0.1, -0.05) is 36.2 Å². The molecular weight excluding hydrogens is 261 g/mol. The number of nitrogens with one attached hydrogen (secondary N) is 1. The SMILES string of the molecule is CC1CNC(c2ccc(Cl)c(Cl)c2)CSC1. The van der Waals surface area contributed by atoms with Gasteiger partial charge in [0.15, 0.2) is 0 Å². The van der Waals surface area contributed by atoms with Crippen molar-refractivity contribution in [1.29, 1.82) is 0 Å². The normalized spacial score (nSPS) is 26.4. The fourth-order valence-electron chi connectivity index (χ4n) is 1.79. The van der Waals surface area contributed by atoms with Gasteiger partial charge in [0.25, 0.3) is 0 Å². The molecule has 0 saturated carbocycles. The number of benzene rings is 1. The molecule has 1 N–H and O–H groups in total. The van der Waals surface area contributed by atoms with E-state index in [1.807, 2.05) is 23.9 Å². The van der Waals surface area contributed by atoms with Crippen LogP contribution >= 0.6 is 35.0 Å². The Morgan fingerprint density at radius 3 is 2.81 bits per heavy atom. The summed E-state index contributed by atoms with van der Waals surface area (Å²) in [5.74, 6) is 3.06. The zero-order chi connectivity index (χ0) is 11.5. The van der Waals surface area contributed by atoms with Crippen LogP contribution in [0, 0.1) is 5.92 Å². The highest BCUT2D eigenvalue weighted by atomic mass is 35.5. The molecule has 1 saturated heterocycles. The van der Waals surface area contributed by atoms with Gasteiger partial charge in [-0.15, -0.1) is 0 Å². The molecule has 1 fully saturated rings. The lowest BCUT2D eigenvalue weighted by molar-refractivity contribution is 0.518. The third kappa shape index (κ3) is 3.07. The predicted octanol–water partition coefficient (Wildman–Crippen LogP) is 4.01. The standard InChI is InChI=1S/C12H15Cl2NS/c1-8-5-15-12(7-16-6-8)9-2-3-10(13)11(14)4-9/h2-4,8,12,15H,5-7H2,1H3. The van der Waals surface area contributed by atoms with Crippen LogP contribution in [0.4, 0.5) is 0 Å². The molecule has 0 aromatic heterocycles. The Hall–Kier alpha value is 0.110. The number of rotatable bonds is 1. The van der Waals surface area contributed by atoms with Gasteiger partial charge in [-0.25, -0.2) is 0 Å². The third-order valence-corrected chi connectivity index (χ3v) is 4.86. The quantitative estimate of drug-likeness (QED) is 0.831. The van der Waals surface area contributed by atoms with Crippen molar-refractivity contribution in [3.63, 3.8) is 0 Å². The molecular formula is C12H15Cl2NS. The minimum Gasteiger partial charge on any atom is -0.309 e. The van der Waals surface area contributed by atoms with Crippen LogP contribution in [0.5, 0.6) is 0 Å². The van der Waals surface area contributed by atoms with Gasteiger partial charge in [0.1, 0.15) is 0 Å². The highest BCUT2D eigenvalue weighted by molar-refractivity contribution is 7.99. The predicted molar refractivity (Wildman–Crippen MR) is 73.7 cm³/mol. The first-order chi connectivity index (χ1) is 7.66. The Labute approximate surface area is 111 Å². The first kappa shape index (κ1) is 12.6. The lowest BCUT2D eigenvalue weighted by Crippen LogP contribution is -2.25. The summed E-state index contributed by atoms with van der Waals surface area (Å²) in [6.07, 6.45) is 0. The first-order valence-electron chi connectivity index (χ1n) is 5.43. The molecule has 88 valence electrons. The molecule has 1 aromatic carbocycles. The van der Waals surface area contributed by atoms with Crippen LogP contribution < -0.4 is 5.32 Å². The van der Waals surface area contributed by atoms with E-state index < -0.39 is 0 Å². The van der Waals surface area contributed by atoms with E-state index in [4.69, 9.17) is 23.2 Å². The molecule has 4 heteroatoms. The maximum Gasteiger partial charge on any atom is 0.0595 e. The zero-order valence-corrected chi connectivity index (χ0v) is 11.5. The summed E-state index contributed by atoms with van der Waals surface area (Å²) in [4.78, 5) is 0. The molecule has 0 amide bonds. The van der Waals surface area contributed by atoms with Gasteiger partial charge in [-0.05, 0) is 35.9 Å². The Bertz CT molecular complexity index is 370.